The molecule has 0 aliphatic carbocycles. The van der Waals surface area contributed by atoms with E-state index in [1.807, 2.05) is 24.3 Å². The number of hydrogen-bond acceptors (Lipinski definition) is 3. The second kappa shape index (κ2) is 5.36. The van der Waals surface area contributed by atoms with E-state index in [0.717, 1.165) is 23.6 Å². The summed E-state index contributed by atoms with van der Waals surface area (Å²) in [5.74, 6) is 0. The van der Waals surface area contributed by atoms with Crippen LogP contribution in [0.1, 0.15) is 18.9 Å². The first-order valence-electron chi connectivity index (χ1n) is 5.87. The van der Waals surface area contributed by atoms with Crippen LogP contribution in [-0.2, 0) is 10.3 Å². The number of aliphatic hydroxyl groups is 1. The molecule has 1 unspecified atom stereocenters. The van der Waals surface area contributed by atoms with Crippen LogP contribution >= 0.6 is 11.6 Å². The van der Waals surface area contributed by atoms with Gasteiger partial charge in [0.25, 0.3) is 0 Å². The number of hydrogen-bond donors (Lipinski definition) is 1. The lowest BCUT2D eigenvalue weighted by atomic mass is 9.91. The van der Waals surface area contributed by atoms with Gasteiger partial charge in [0.05, 0.1) is 12.2 Å². The summed E-state index contributed by atoms with van der Waals surface area (Å²) in [5.41, 5.74) is 0.918. The summed E-state index contributed by atoms with van der Waals surface area (Å²) in [6.07, 6.45) is 0.925. The molecule has 17 heavy (non-hydrogen) atoms. The molecule has 1 atom stereocenters. The van der Waals surface area contributed by atoms with E-state index in [4.69, 9.17) is 21.4 Å². The van der Waals surface area contributed by atoms with Gasteiger partial charge in [-0.1, -0.05) is 23.7 Å². The van der Waals surface area contributed by atoms with Crippen molar-refractivity contribution in [3.63, 3.8) is 0 Å². The van der Waals surface area contributed by atoms with E-state index in [1.165, 1.54) is 0 Å². The van der Waals surface area contributed by atoms with Crippen LogP contribution in [0.5, 0.6) is 0 Å². The highest BCUT2D eigenvalue weighted by Crippen LogP contribution is 2.33. The predicted molar refractivity (Wildman–Crippen MR) is 68.0 cm³/mol. The standard InChI is InChI=1S/C13H18ClNO2/c1-13(11-2-4-12(14)5-3-11)6-7-15(8-9-16)10-17-13/h2-5,16H,6-10H2,1H3. The Morgan fingerprint density at radius 2 is 2.12 bits per heavy atom. The largest absolute Gasteiger partial charge is 0.395 e. The topological polar surface area (TPSA) is 32.7 Å². The number of aliphatic hydroxyl groups excluding tert-OH is 1. The van der Waals surface area contributed by atoms with E-state index in [-0.39, 0.29) is 12.2 Å². The Hall–Kier alpha value is -0.610. The zero-order chi connectivity index (χ0) is 12.3. The second-order valence-corrected chi connectivity index (χ2v) is 5.04. The molecule has 1 fully saturated rings. The molecule has 0 aromatic heterocycles. The molecule has 94 valence electrons. The molecule has 2 rings (SSSR count). The Morgan fingerprint density at radius 1 is 1.41 bits per heavy atom. The average molecular weight is 256 g/mol. The van der Waals surface area contributed by atoms with Crippen molar-refractivity contribution in [2.75, 3.05) is 26.4 Å². The number of rotatable bonds is 3. The summed E-state index contributed by atoms with van der Waals surface area (Å²) in [7, 11) is 0. The lowest BCUT2D eigenvalue weighted by molar-refractivity contribution is -0.135. The molecule has 0 spiro atoms. The molecular weight excluding hydrogens is 238 g/mol. The molecule has 1 aromatic rings. The second-order valence-electron chi connectivity index (χ2n) is 4.60. The minimum absolute atomic E-state index is 0.182. The number of ether oxygens (including phenoxy) is 1. The molecule has 1 aromatic carbocycles. The van der Waals surface area contributed by atoms with E-state index in [1.54, 1.807) is 0 Å². The van der Waals surface area contributed by atoms with Crippen LogP contribution in [0.3, 0.4) is 0 Å². The van der Waals surface area contributed by atoms with Gasteiger partial charge < -0.3 is 9.84 Å². The van der Waals surface area contributed by atoms with E-state index in [9.17, 15) is 0 Å². The minimum atomic E-state index is -0.240. The van der Waals surface area contributed by atoms with Gasteiger partial charge in [-0.3, -0.25) is 4.90 Å². The maximum absolute atomic E-state index is 8.88. The van der Waals surface area contributed by atoms with E-state index >= 15 is 0 Å². The Labute approximate surface area is 107 Å². The third-order valence-electron chi connectivity index (χ3n) is 3.34. The molecule has 1 aliphatic rings. The number of benzene rings is 1. The molecule has 1 aliphatic heterocycles. The Kier molecular flexibility index (Phi) is 4.05. The predicted octanol–water partition coefficient (Wildman–Crippen LogP) is 2.23. The van der Waals surface area contributed by atoms with Crippen LogP contribution in [0, 0.1) is 0 Å². The van der Waals surface area contributed by atoms with Gasteiger partial charge in [0.15, 0.2) is 0 Å². The quantitative estimate of drug-likeness (QED) is 0.899. The maximum Gasteiger partial charge on any atom is 0.100 e. The highest BCUT2D eigenvalue weighted by atomic mass is 35.5. The summed E-state index contributed by atoms with van der Waals surface area (Å²) in [6, 6.07) is 7.82. The molecule has 0 amide bonds. The van der Waals surface area contributed by atoms with Crippen molar-refractivity contribution in [3.05, 3.63) is 34.9 Å². The van der Waals surface area contributed by atoms with Gasteiger partial charge >= 0.3 is 0 Å². The Morgan fingerprint density at radius 3 is 2.65 bits per heavy atom. The van der Waals surface area contributed by atoms with Crippen molar-refractivity contribution in [3.8, 4) is 0 Å². The van der Waals surface area contributed by atoms with E-state index in [2.05, 4.69) is 11.8 Å². The first-order chi connectivity index (χ1) is 8.14. The van der Waals surface area contributed by atoms with Crippen LogP contribution in [0.25, 0.3) is 0 Å². The first-order valence-corrected chi connectivity index (χ1v) is 6.25. The molecule has 3 nitrogen and oxygen atoms in total. The fourth-order valence-electron chi connectivity index (χ4n) is 2.09. The van der Waals surface area contributed by atoms with Gasteiger partial charge in [0, 0.05) is 18.1 Å². The number of β-amino-alcohol motifs (C(OH)–C–C–N with tert-alkyl or cyclic N) is 1. The molecule has 4 heteroatoms. The number of nitrogens with zero attached hydrogens (tertiary/aromatic N) is 1. The van der Waals surface area contributed by atoms with Gasteiger partial charge in [0.1, 0.15) is 6.73 Å². The summed E-state index contributed by atoms with van der Waals surface area (Å²) < 4.78 is 5.93. The van der Waals surface area contributed by atoms with E-state index < -0.39 is 0 Å². The van der Waals surface area contributed by atoms with Crippen molar-refractivity contribution >= 4 is 11.6 Å². The van der Waals surface area contributed by atoms with Crippen LogP contribution in [0.4, 0.5) is 0 Å². The lowest BCUT2D eigenvalue weighted by Gasteiger charge is -2.39. The molecule has 1 heterocycles. The molecule has 0 radical (unpaired) electrons. The number of halogens is 1. The lowest BCUT2D eigenvalue weighted by Crippen LogP contribution is -2.44. The Balaban J connectivity index is 2.04. The van der Waals surface area contributed by atoms with Crippen molar-refractivity contribution in [1.29, 1.82) is 0 Å². The van der Waals surface area contributed by atoms with Gasteiger partial charge in [-0.2, -0.15) is 0 Å². The molecular formula is C13H18ClNO2. The third kappa shape index (κ3) is 2.99. The SMILES string of the molecule is CC1(c2ccc(Cl)cc2)CCN(CCO)CO1. The maximum atomic E-state index is 8.88. The van der Waals surface area contributed by atoms with Crippen LogP contribution in [0.15, 0.2) is 24.3 Å². The van der Waals surface area contributed by atoms with Crippen molar-refractivity contribution < 1.29 is 9.84 Å². The highest BCUT2D eigenvalue weighted by molar-refractivity contribution is 6.30. The summed E-state index contributed by atoms with van der Waals surface area (Å²) in [4.78, 5) is 2.11. The smallest absolute Gasteiger partial charge is 0.100 e. The first kappa shape index (κ1) is 12.8. The molecule has 1 saturated heterocycles. The fraction of sp³-hybridized carbons (Fsp3) is 0.538. The van der Waals surface area contributed by atoms with Crippen molar-refractivity contribution in [2.45, 2.75) is 18.9 Å². The highest BCUT2D eigenvalue weighted by Gasteiger charge is 2.32. The molecule has 0 bridgehead atoms. The Bertz CT molecular complexity index is 358. The molecule has 0 saturated carbocycles. The van der Waals surface area contributed by atoms with Gasteiger partial charge in [-0.15, -0.1) is 0 Å². The zero-order valence-corrected chi connectivity index (χ0v) is 10.8. The fourth-order valence-corrected chi connectivity index (χ4v) is 2.22. The van der Waals surface area contributed by atoms with Gasteiger partial charge in [-0.25, -0.2) is 0 Å². The van der Waals surface area contributed by atoms with Crippen LogP contribution < -0.4 is 0 Å². The monoisotopic (exact) mass is 255 g/mol. The van der Waals surface area contributed by atoms with Crippen LogP contribution in [-0.4, -0.2) is 36.4 Å². The van der Waals surface area contributed by atoms with Crippen molar-refractivity contribution in [2.24, 2.45) is 0 Å². The van der Waals surface area contributed by atoms with Crippen LogP contribution in [0.2, 0.25) is 5.02 Å². The summed E-state index contributed by atoms with van der Waals surface area (Å²) in [5, 5.41) is 9.63. The third-order valence-corrected chi connectivity index (χ3v) is 3.59. The average Bonchev–Trinajstić information content (AvgIpc) is 2.33. The van der Waals surface area contributed by atoms with Gasteiger partial charge in [-0.05, 0) is 31.0 Å². The minimum Gasteiger partial charge on any atom is -0.395 e. The van der Waals surface area contributed by atoms with E-state index in [0.29, 0.717) is 13.3 Å². The normalized spacial score (nSPS) is 26.1. The van der Waals surface area contributed by atoms with Crippen molar-refractivity contribution in [1.82, 2.24) is 4.90 Å². The molecule has 1 N–H and O–H groups in total. The summed E-state index contributed by atoms with van der Waals surface area (Å²) >= 11 is 5.88. The van der Waals surface area contributed by atoms with Gasteiger partial charge in [0.2, 0.25) is 0 Å². The summed E-state index contributed by atoms with van der Waals surface area (Å²) in [6.45, 7) is 4.48. The zero-order valence-electron chi connectivity index (χ0n) is 10.0.